The third kappa shape index (κ3) is 7.24. The maximum Gasteiger partial charge on any atom is 0.246 e. The van der Waals surface area contributed by atoms with E-state index < -0.39 is 0 Å². The van der Waals surface area contributed by atoms with Crippen molar-refractivity contribution in [1.82, 2.24) is 9.88 Å². The number of carbonyl (C=O) groups is 2. The predicted molar refractivity (Wildman–Crippen MR) is 118 cm³/mol. The fraction of sp³-hybridized carbons (Fsp3) is 0.348. The van der Waals surface area contributed by atoms with Crippen molar-refractivity contribution in [2.45, 2.75) is 20.8 Å². The number of rotatable bonds is 9. The number of aryl methyl sites for hydroxylation is 1. The summed E-state index contributed by atoms with van der Waals surface area (Å²) < 4.78 is 11.1. The van der Waals surface area contributed by atoms with Crippen molar-refractivity contribution in [2.24, 2.45) is 5.92 Å². The topological polar surface area (TPSA) is 80.8 Å². The first-order valence-electron chi connectivity index (χ1n) is 9.75. The summed E-state index contributed by atoms with van der Waals surface area (Å²) >= 11 is 0. The number of nitrogens with one attached hydrogen (secondary N) is 1. The summed E-state index contributed by atoms with van der Waals surface area (Å²) in [5.74, 6) is 1.52. The van der Waals surface area contributed by atoms with Crippen LogP contribution in [-0.4, -0.2) is 49.0 Å². The van der Waals surface area contributed by atoms with Gasteiger partial charge >= 0.3 is 0 Å². The number of amides is 2. The molecule has 1 aromatic heterocycles. The summed E-state index contributed by atoms with van der Waals surface area (Å²) in [7, 11) is 3.14. The Bertz CT molecular complexity index is 909. The molecule has 1 heterocycles. The molecule has 0 aliphatic carbocycles. The number of pyridine rings is 1. The number of methoxy groups -OCH3 is 1. The van der Waals surface area contributed by atoms with Crippen LogP contribution in [0.5, 0.6) is 11.5 Å². The summed E-state index contributed by atoms with van der Waals surface area (Å²) in [6.45, 7) is 6.57. The predicted octanol–water partition coefficient (Wildman–Crippen LogP) is 3.54. The second-order valence-corrected chi connectivity index (χ2v) is 7.41. The fourth-order valence-electron chi connectivity index (χ4n) is 2.54. The Balaban J connectivity index is 1.94. The molecule has 0 atom stereocenters. The molecular weight excluding hydrogens is 382 g/mol. The number of nitrogens with zero attached hydrogens (tertiary/aromatic N) is 2. The zero-order valence-corrected chi connectivity index (χ0v) is 18.1. The number of ether oxygens (including phenoxy) is 2. The van der Waals surface area contributed by atoms with Crippen LogP contribution in [0.3, 0.4) is 0 Å². The number of aromatic nitrogens is 1. The maximum atomic E-state index is 12.3. The highest BCUT2D eigenvalue weighted by Crippen LogP contribution is 2.29. The second-order valence-electron chi connectivity index (χ2n) is 7.41. The average Bonchev–Trinajstić information content (AvgIpc) is 2.70. The summed E-state index contributed by atoms with van der Waals surface area (Å²) in [4.78, 5) is 29.9. The van der Waals surface area contributed by atoms with E-state index in [1.54, 1.807) is 38.6 Å². The minimum atomic E-state index is -0.314. The molecule has 1 N–H and O–H groups in total. The van der Waals surface area contributed by atoms with Gasteiger partial charge in [0.05, 0.1) is 20.3 Å². The molecule has 0 spiro atoms. The van der Waals surface area contributed by atoms with E-state index in [9.17, 15) is 9.59 Å². The Morgan fingerprint density at radius 1 is 1.20 bits per heavy atom. The molecule has 0 aliphatic rings. The lowest BCUT2D eigenvalue weighted by atomic mass is 10.2. The third-order valence-corrected chi connectivity index (χ3v) is 4.12. The molecule has 7 heteroatoms. The fourth-order valence-corrected chi connectivity index (χ4v) is 2.54. The van der Waals surface area contributed by atoms with Gasteiger partial charge in [0.15, 0.2) is 11.5 Å². The Labute approximate surface area is 177 Å². The van der Waals surface area contributed by atoms with Crippen LogP contribution in [0.2, 0.25) is 0 Å². The summed E-state index contributed by atoms with van der Waals surface area (Å²) in [5.41, 5.74) is 1.78. The van der Waals surface area contributed by atoms with E-state index in [0.29, 0.717) is 29.8 Å². The molecule has 30 heavy (non-hydrogen) atoms. The molecule has 2 amide bonds. The van der Waals surface area contributed by atoms with Crippen molar-refractivity contribution >= 4 is 23.7 Å². The standard InChI is InChI=1S/C23H29N3O4/c1-16(2)15-30-19-8-6-18(13-20(19)29-5)7-9-23(28)26(4)14-22(27)25-21-12-17(3)10-11-24-21/h6-13,16H,14-15H2,1-5H3,(H,24,25,27)/b9-7+. The van der Waals surface area contributed by atoms with Crippen LogP contribution in [0.25, 0.3) is 6.08 Å². The number of benzene rings is 1. The van der Waals surface area contributed by atoms with E-state index in [-0.39, 0.29) is 18.4 Å². The molecule has 0 bridgehead atoms. The van der Waals surface area contributed by atoms with Gasteiger partial charge in [-0.1, -0.05) is 19.9 Å². The Morgan fingerprint density at radius 3 is 2.63 bits per heavy atom. The third-order valence-electron chi connectivity index (χ3n) is 4.12. The van der Waals surface area contributed by atoms with Crippen molar-refractivity contribution < 1.29 is 19.1 Å². The monoisotopic (exact) mass is 411 g/mol. The van der Waals surface area contributed by atoms with Crippen LogP contribution < -0.4 is 14.8 Å². The highest BCUT2D eigenvalue weighted by Gasteiger charge is 2.12. The molecule has 2 rings (SSSR count). The summed E-state index contributed by atoms with van der Waals surface area (Å²) in [5, 5.41) is 2.68. The number of hydrogen-bond acceptors (Lipinski definition) is 5. The first kappa shape index (κ1) is 22.9. The van der Waals surface area contributed by atoms with Gasteiger partial charge in [-0.3, -0.25) is 9.59 Å². The van der Waals surface area contributed by atoms with E-state index in [4.69, 9.17) is 9.47 Å². The van der Waals surface area contributed by atoms with E-state index in [0.717, 1.165) is 11.1 Å². The van der Waals surface area contributed by atoms with Crippen LogP contribution in [0.15, 0.2) is 42.6 Å². The number of anilines is 1. The smallest absolute Gasteiger partial charge is 0.246 e. The van der Waals surface area contributed by atoms with E-state index in [2.05, 4.69) is 24.1 Å². The molecule has 0 aliphatic heterocycles. The molecule has 0 saturated heterocycles. The molecule has 1 aromatic carbocycles. The summed E-state index contributed by atoms with van der Waals surface area (Å²) in [6.07, 6.45) is 4.71. The van der Waals surface area contributed by atoms with Gasteiger partial charge in [0, 0.05) is 19.3 Å². The van der Waals surface area contributed by atoms with Gasteiger partial charge in [0.1, 0.15) is 5.82 Å². The number of hydrogen-bond donors (Lipinski definition) is 1. The highest BCUT2D eigenvalue weighted by molar-refractivity contribution is 5.97. The molecular formula is C23H29N3O4. The molecule has 160 valence electrons. The van der Waals surface area contributed by atoms with Crippen molar-refractivity contribution in [3.05, 3.63) is 53.7 Å². The lowest BCUT2D eigenvalue weighted by molar-refractivity contribution is -0.129. The SMILES string of the molecule is COc1cc(/C=C/C(=O)N(C)CC(=O)Nc2cc(C)ccn2)ccc1OCC(C)C. The zero-order valence-electron chi connectivity index (χ0n) is 18.1. The van der Waals surface area contributed by atoms with Crippen molar-refractivity contribution in [1.29, 1.82) is 0 Å². The van der Waals surface area contributed by atoms with Crippen LogP contribution in [0.4, 0.5) is 5.82 Å². The minimum Gasteiger partial charge on any atom is -0.493 e. The summed E-state index contributed by atoms with van der Waals surface area (Å²) in [6, 6.07) is 9.07. The van der Waals surface area contributed by atoms with Gasteiger partial charge in [-0.2, -0.15) is 0 Å². The van der Waals surface area contributed by atoms with E-state index in [1.165, 1.54) is 11.0 Å². The first-order chi connectivity index (χ1) is 14.3. The number of carbonyl (C=O) groups excluding carboxylic acids is 2. The zero-order chi connectivity index (χ0) is 22.1. The van der Waals surface area contributed by atoms with Crippen molar-refractivity contribution in [3.63, 3.8) is 0 Å². The quantitative estimate of drug-likeness (QED) is 0.639. The van der Waals surface area contributed by atoms with Gasteiger partial charge in [-0.05, 0) is 54.3 Å². The highest BCUT2D eigenvalue weighted by atomic mass is 16.5. The average molecular weight is 412 g/mol. The van der Waals surface area contributed by atoms with E-state index in [1.807, 2.05) is 25.1 Å². The Hall–Kier alpha value is -3.35. The van der Waals surface area contributed by atoms with E-state index >= 15 is 0 Å². The largest absolute Gasteiger partial charge is 0.493 e. The molecule has 7 nitrogen and oxygen atoms in total. The van der Waals surface area contributed by atoms with Gasteiger partial charge in [-0.15, -0.1) is 0 Å². The lowest BCUT2D eigenvalue weighted by Crippen LogP contribution is -2.34. The van der Waals surface area contributed by atoms with Gasteiger partial charge in [0.25, 0.3) is 0 Å². The maximum absolute atomic E-state index is 12.3. The van der Waals surface area contributed by atoms with Crippen LogP contribution >= 0.6 is 0 Å². The molecule has 0 radical (unpaired) electrons. The lowest BCUT2D eigenvalue weighted by Gasteiger charge is -2.15. The number of likely N-dealkylation sites (N-methyl/N-ethyl adjacent to an activating group) is 1. The minimum absolute atomic E-state index is 0.0793. The Kier molecular flexibility index (Phi) is 8.41. The van der Waals surface area contributed by atoms with Crippen LogP contribution in [-0.2, 0) is 9.59 Å². The molecule has 0 saturated carbocycles. The van der Waals surface area contributed by atoms with Crippen LogP contribution in [0.1, 0.15) is 25.0 Å². The second kappa shape index (κ2) is 11.0. The van der Waals surface area contributed by atoms with Crippen molar-refractivity contribution in [3.8, 4) is 11.5 Å². The molecule has 0 fully saturated rings. The Morgan fingerprint density at radius 2 is 1.97 bits per heavy atom. The van der Waals surface area contributed by atoms with Crippen LogP contribution in [0, 0.1) is 12.8 Å². The normalized spacial score (nSPS) is 10.9. The van der Waals surface area contributed by atoms with Crippen molar-refractivity contribution in [2.75, 3.05) is 32.6 Å². The van der Waals surface area contributed by atoms with Gasteiger partial charge < -0.3 is 19.7 Å². The van der Waals surface area contributed by atoms with Gasteiger partial charge in [-0.25, -0.2) is 4.98 Å². The molecule has 0 unspecified atom stereocenters. The first-order valence-corrected chi connectivity index (χ1v) is 9.75. The van der Waals surface area contributed by atoms with Gasteiger partial charge in [0.2, 0.25) is 11.8 Å². The molecule has 2 aromatic rings.